The molecule has 4 rings (SSSR count). The Hall–Kier alpha value is -1.02. The van der Waals surface area contributed by atoms with Crippen molar-refractivity contribution in [3.63, 3.8) is 0 Å². The number of hydrogen-bond donors (Lipinski definition) is 0. The SMILES string of the molecule is COc1ccc2c(c1)[C@@]13CCC[C@H]1[C@H](C2)N(C)CC3. The van der Waals surface area contributed by atoms with Crippen LogP contribution < -0.4 is 4.74 Å². The number of ether oxygens (including phenoxy) is 1. The number of hydrogen-bond acceptors (Lipinski definition) is 2. The molecule has 0 aromatic heterocycles. The van der Waals surface area contributed by atoms with Crippen molar-refractivity contribution >= 4 is 0 Å². The van der Waals surface area contributed by atoms with Crippen LogP contribution in [0.2, 0.25) is 0 Å². The minimum absolute atomic E-state index is 0.472. The lowest BCUT2D eigenvalue weighted by Gasteiger charge is -2.53. The fraction of sp³-hybridized carbons (Fsp3) is 0.647. The summed E-state index contributed by atoms with van der Waals surface area (Å²) in [4.78, 5) is 2.61. The van der Waals surface area contributed by atoms with E-state index >= 15 is 0 Å². The summed E-state index contributed by atoms with van der Waals surface area (Å²) in [5, 5.41) is 0. The number of methoxy groups -OCH3 is 1. The molecule has 2 aliphatic carbocycles. The molecule has 0 amide bonds. The molecule has 1 saturated heterocycles. The molecule has 19 heavy (non-hydrogen) atoms. The molecule has 2 bridgehead atoms. The Kier molecular flexibility index (Phi) is 2.47. The van der Waals surface area contributed by atoms with Crippen molar-refractivity contribution < 1.29 is 4.74 Å². The third kappa shape index (κ3) is 1.47. The molecule has 3 aliphatic rings. The van der Waals surface area contributed by atoms with Crippen LogP contribution in [0, 0.1) is 5.92 Å². The fourth-order valence-electron chi connectivity index (χ4n) is 5.14. The van der Waals surface area contributed by atoms with Crippen molar-refractivity contribution in [1.82, 2.24) is 4.90 Å². The zero-order valence-corrected chi connectivity index (χ0v) is 12.0. The highest BCUT2D eigenvalue weighted by molar-refractivity contribution is 5.46. The summed E-state index contributed by atoms with van der Waals surface area (Å²) in [7, 11) is 4.10. The normalized spacial score (nSPS) is 36.7. The highest BCUT2D eigenvalue weighted by Gasteiger charge is 2.54. The van der Waals surface area contributed by atoms with E-state index in [0.717, 1.165) is 17.7 Å². The topological polar surface area (TPSA) is 12.5 Å². The van der Waals surface area contributed by atoms with E-state index in [1.165, 1.54) is 38.6 Å². The van der Waals surface area contributed by atoms with Gasteiger partial charge in [-0.3, -0.25) is 0 Å². The number of benzene rings is 1. The maximum atomic E-state index is 5.47. The lowest BCUT2D eigenvalue weighted by Crippen LogP contribution is -2.56. The van der Waals surface area contributed by atoms with E-state index in [4.69, 9.17) is 4.74 Å². The molecule has 2 fully saturated rings. The first-order valence-electron chi connectivity index (χ1n) is 7.62. The minimum atomic E-state index is 0.472. The summed E-state index contributed by atoms with van der Waals surface area (Å²) in [6, 6.07) is 7.57. The lowest BCUT2D eigenvalue weighted by molar-refractivity contribution is 0.0506. The number of rotatable bonds is 1. The second-order valence-electron chi connectivity index (χ2n) is 6.68. The summed E-state index contributed by atoms with van der Waals surface area (Å²) < 4.78 is 5.47. The Balaban J connectivity index is 1.89. The molecule has 102 valence electrons. The van der Waals surface area contributed by atoms with Crippen LogP contribution in [0.3, 0.4) is 0 Å². The van der Waals surface area contributed by atoms with E-state index < -0.39 is 0 Å². The van der Waals surface area contributed by atoms with Crippen LogP contribution in [0.4, 0.5) is 0 Å². The molecule has 1 saturated carbocycles. The van der Waals surface area contributed by atoms with Gasteiger partial charge in [0.05, 0.1) is 7.11 Å². The summed E-state index contributed by atoms with van der Waals surface area (Å²) in [5.74, 6) is 1.92. The van der Waals surface area contributed by atoms with Gasteiger partial charge in [0.1, 0.15) is 5.75 Å². The van der Waals surface area contributed by atoms with Gasteiger partial charge in [-0.15, -0.1) is 0 Å². The van der Waals surface area contributed by atoms with Crippen molar-refractivity contribution in [2.45, 2.75) is 43.6 Å². The van der Waals surface area contributed by atoms with Gasteiger partial charge < -0.3 is 9.64 Å². The third-order valence-corrected chi connectivity index (χ3v) is 6.07. The van der Waals surface area contributed by atoms with Crippen LogP contribution in [0.25, 0.3) is 0 Å². The minimum Gasteiger partial charge on any atom is -0.497 e. The molecule has 1 aromatic rings. The Labute approximate surface area is 115 Å². The summed E-state index contributed by atoms with van der Waals surface area (Å²) in [6.07, 6.45) is 6.80. The number of nitrogens with zero attached hydrogens (tertiary/aromatic N) is 1. The molecule has 0 unspecified atom stereocenters. The number of piperidine rings is 1. The molecule has 0 N–H and O–H groups in total. The quantitative estimate of drug-likeness (QED) is 0.767. The van der Waals surface area contributed by atoms with Gasteiger partial charge in [-0.25, -0.2) is 0 Å². The molecule has 0 radical (unpaired) electrons. The van der Waals surface area contributed by atoms with E-state index in [0.29, 0.717) is 5.41 Å². The highest BCUT2D eigenvalue weighted by Crippen LogP contribution is 2.57. The molecular formula is C17H23NO. The molecule has 2 nitrogen and oxygen atoms in total. The van der Waals surface area contributed by atoms with Gasteiger partial charge in [-0.05, 0) is 68.5 Å². The Morgan fingerprint density at radius 2 is 2.21 bits per heavy atom. The molecule has 2 heteroatoms. The van der Waals surface area contributed by atoms with E-state index in [9.17, 15) is 0 Å². The van der Waals surface area contributed by atoms with E-state index in [1.807, 2.05) is 0 Å². The Morgan fingerprint density at radius 1 is 1.32 bits per heavy atom. The van der Waals surface area contributed by atoms with E-state index in [2.05, 4.69) is 30.1 Å². The zero-order valence-electron chi connectivity index (χ0n) is 12.0. The number of fused-ring (bicyclic) bond motifs is 1. The average Bonchev–Trinajstić information content (AvgIpc) is 2.89. The predicted molar refractivity (Wildman–Crippen MR) is 76.8 cm³/mol. The zero-order chi connectivity index (χ0) is 13.0. The summed E-state index contributed by atoms with van der Waals surface area (Å²) in [6.45, 7) is 1.26. The van der Waals surface area contributed by atoms with Gasteiger partial charge in [-0.1, -0.05) is 12.5 Å². The molecule has 1 heterocycles. The maximum absolute atomic E-state index is 5.47. The molecule has 3 atom stereocenters. The summed E-state index contributed by atoms with van der Waals surface area (Å²) >= 11 is 0. The molecule has 1 aliphatic heterocycles. The lowest BCUT2D eigenvalue weighted by atomic mass is 9.59. The van der Waals surface area contributed by atoms with E-state index in [-0.39, 0.29) is 0 Å². The van der Waals surface area contributed by atoms with E-state index in [1.54, 1.807) is 18.2 Å². The second-order valence-corrected chi connectivity index (χ2v) is 6.68. The van der Waals surface area contributed by atoms with Gasteiger partial charge in [0.15, 0.2) is 0 Å². The van der Waals surface area contributed by atoms with Gasteiger partial charge in [0.25, 0.3) is 0 Å². The molecule has 1 aromatic carbocycles. The largest absolute Gasteiger partial charge is 0.497 e. The van der Waals surface area contributed by atoms with Crippen molar-refractivity contribution in [2.75, 3.05) is 20.7 Å². The van der Waals surface area contributed by atoms with Crippen molar-refractivity contribution in [1.29, 1.82) is 0 Å². The van der Waals surface area contributed by atoms with Crippen LogP contribution in [0.5, 0.6) is 5.75 Å². The van der Waals surface area contributed by atoms with Gasteiger partial charge >= 0.3 is 0 Å². The summed E-state index contributed by atoms with van der Waals surface area (Å²) in [5.41, 5.74) is 3.67. The van der Waals surface area contributed by atoms with Crippen LogP contribution in [-0.2, 0) is 11.8 Å². The smallest absolute Gasteiger partial charge is 0.119 e. The van der Waals surface area contributed by atoms with Crippen molar-refractivity contribution in [3.05, 3.63) is 29.3 Å². The van der Waals surface area contributed by atoms with Crippen LogP contribution in [0.1, 0.15) is 36.8 Å². The fourth-order valence-corrected chi connectivity index (χ4v) is 5.14. The first kappa shape index (κ1) is 11.8. The Bertz CT molecular complexity index is 512. The Morgan fingerprint density at radius 3 is 3.05 bits per heavy atom. The monoisotopic (exact) mass is 257 g/mol. The van der Waals surface area contributed by atoms with Crippen molar-refractivity contribution in [3.8, 4) is 5.75 Å². The van der Waals surface area contributed by atoms with Gasteiger partial charge in [0.2, 0.25) is 0 Å². The first-order chi connectivity index (χ1) is 9.24. The highest BCUT2D eigenvalue weighted by atomic mass is 16.5. The third-order valence-electron chi connectivity index (χ3n) is 6.07. The van der Waals surface area contributed by atoms with Gasteiger partial charge in [-0.2, -0.15) is 0 Å². The van der Waals surface area contributed by atoms with Crippen LogP contribution in [-0.4, -0.2) is 31.6 Å². The predicted octanol–water partition coefficient (Wildman–Crippen LogP) is 2.99. The van der Waals surface area contributed by atoms with Crippen molar-refractivity contribution in [2.24, 2.45) is 5.92 Å². The number of likely N-dealkylation sites (N-methyl/N-ethyl adjacent to an activating group) is 1. The second kappa shape index (κ2) is 3.99. The average molecular weight is 257 g/mol. The molecule has 0 spiro atoms. The molecular weight excluding hydrogens is 234 g/mol. The maximum Gasteiger partial charge on any atom is 0.119 e. The standard InChI is InChI=1S/C17H23NO/c1-18-9-8-17-7-3-4-14(17)16(18)10-12-5-6-13(19-2)11-15(12)17/h5-6,11,14,16H,3-4,7-10H2,1-2H3/t14-,16-,17+/m0/s1. The van der Waals surface area contributed by atoms with Crippen LogP contribution in [0.15, 0.2) is 18.2 Å². The first-order valence-corrected chi connectivity index (χ1v) is 7.62. The van der Waals surface area contributed by atoms with Crippen LogP contribution >= 0.6 is 0 Å². The van der Waals surface area contributed by atoms with Gasteiger partial charge in [0, 0.05) is 11.5 Å². The number of likely N-dealkylation sites (tertiary alicyclic amines) is 1.